The van der Waals surface area contributed by atoms with Gasteiger partial charge < -0.3 is 17.6 Å². The van der Waals surface area contributed by atoms with Crippen molar-refractivity contribution in [3.8, 4) is 0 Å². The van der Waals surface area contributed by atoms with Crippen LogP contribution in [0, 0.1) is 0 Å². The molecule has 0 unspecified atom stereocenters. The zero-order valence-electron chi connectivity index (χ0n) is 5.75. The lowest BCUT2D eigenvalue weighted by molar-refractivity contribution is 1.67. The SMILES string of the molecule is N.Nc1ccccc1N.[B]. The normalized spacial score (nSPS) is 7.20. The highest BCUT2D eigenvalue weighted by molar-refractivity contribution is 5.75. The second-order valence-electron chi connectivity index (χ2n) is 1.63. The second kappa shape index (κ2) is 4.70. The Bertz CT molecular complexity index is 169. The smallest absolute Gasteiger partial charge is 0.0547 e. The lowest BCUT2D eigenvalue weighted by Gasteiger charge is -1.94. The number of anilines is 2. The number of hydrogen-bond acceptors (Lipinski definition) is 3. The Hall–Kier alpha value is -1.16. The van der Waals surface area contributed by atoms with Gasteiger partial charge in [-0.1, -0.05) is 12.1 Å². The average Bonchev–Trinajstić information content (AvgIpc) is 1.77. The molecule has 1 aromatic rings. The number of rotatable bonds is 0. The van der Waals surface area contributed by atoms with Gasteiger partial charge in [0.15, 0.2) is 0 Å². The molecule has 1 rings (SSSR count). The Balaban J connectivity index is 0. The van der Waals surface area contributed by atoms with E-state index in [2.05, 4.69) is 0 Å². The summed E-state index contributed by atoms with van der Waals surface area (Å²) in [5.74, 6) is 0. The van der Waals surface area contributed by atoms with E-state index in [1.54, 1.807) is 12.1 Å². The highest BCUT2D eigenvalue weighted by atomic mass is 14.7. The molecule has 0 atom stereocenters. The first-order valence-corrected chi connectivity index (χ1v) is 2.40. The highest BCUT2D eigenvalue weighted by Crippen LogP contribution is 2.10. The zero-order valence-corrected chi connectivity index (χ0v) is 5.75. The molecule has 3 radical (unpaired) electrons. The van der Waals surface area contributed by atoms with Crippen molar-refractivity contribution in [2.24, 2.45) is 0 Å². The van der Waals surface area contributed by atoms with Crippen LogP contribution in [0.15, 0.2) is 24.3 Å². The molecule has 0 aliphatic heterocycles. The van der Waals surface area contributed by atoms with Crippen molar-refractivity contribution in [3.63, 3.8) is 0 Å². The molecule has 0 saturated carbocycles. The summed E-state index contributed by atoms with van der Waals surface area (Å²) in [5, 5.41) is 0. The van der Waals surface area contributed by atoms with E-state index in [9.17, 15) is 0 Å². The summed E-state index contributed by atoms with van der Waals surface area (Å²) >= 11 is 0. The summed E-state index contributed by atoms with van der Waals surface area (Å²) in [4.78, 5) is 0. The standard InChI is InChI=1S/C6H8N2.B.H3N/c7-5-3-1-2-4-6(5)8;;/h1-4H,7-8H2;;1H3. The van der Waals surface area contributed by atoms with Crippen LogP contribution >= 0.6 is 0 Å². The summed E-state index contributed by atoms with van der Waals surface area (Å²) in [6.07, 6.45) is 0. The lowest BCUT2D eigenvalue weighted by Crippen LogP contribution is -1.91. The third kappa shape index (κ3) is 2.41. The number of para-hydroxylation sites is 2. The first-order valence-electron chi connectivity index (χ1n) is 2.40. The molecule has 0 spiro atoms. The van der Waals surface area contributed by atoms with Gasteiger partial charge in [0, 0.05) is 8.41 Å². The van der Waals surface area contributed by atoms with E-state index < -0.39 is 0 Å². The molecule has 7 N–H and O–H groups in total. The molecule has 0 aliphatic carbocycles. The molecule has 4 heteroatoms. The van der Waals surface area contributed by atoms with Crippen molar-refractivity contribution in [3.05, 3.63) is 24.3 Å². The monoisotopic (exact) mass is 136 g/mol. The van der Waals surface area contributed by atoms with Crippen molar-refractivity contribution < 1.29 is 0 Å². The van der Waals surface area contributed by atoms with Crippen LogP contribution in [0.5, 0.6) is 0 Å². The number of nitrogens with two attached hydrogens (primary N) is 2. The van der Waals surface area contributed by atoms with Gasteiger partial charge in [-0.2, -0.15) is 0 Å². The molecule has 0 amide bonds. The average molecular weight is 136 g/mol. The fraction of sp³-hybridized carbons (Fsp3) is 0. The first-order chi connectivity index (χ1) is 3.80. The Morgan fingerprint density at radius 2 is 1.20 bits per heavy atom. The fourth-order valence-corrected chi connectivity index (χ4v) is 0.511. The zero-order chi connectivity index (χ0) is 5.98. The van der Waals surface area contributed by atoms with Gasteiger partial charge in [0.1, 0.15) is 0 Å². The van der Waals surface area contributed by atoms with Gasteiger partial charge in [-0.15, -0.1) is 0 Å². The maximum absolute atomic E-state index is 5.39. The van der Waals surface area contributed by atoms with E-state index in [1.165, 1.54) is 0 Å². The summed E-state index contributed by atoms with van der Waals surface area (Å²) in [7, 11) is 0. The molecule has 0 fully saturated rings. The minimum Gasteiger partial charge on any atom is -0.397 e. The molecule has 10 heavy (non-hydrogen) atoms. The topological polar surface area (TPSA) is 87.0 Å². The van der Waals surface area contributed by atoms with Gasteiger partial charge in [0.2, 0.25) is 0 Å². The Morgan fingerprint density at radius 3 is 1.40 bits per heavy atom. The minimum atomic E-state index is 0. The largest absolute Gasteiger partial charge is 0.397 e. The number of hydrogen-bond donors (Lipinski definition) is 3. The Labute approximate surface area is 62.6 Å². The predicted octanol–water partition coefficient (Wildman–Crippen LogP) is 0.632. The van der Waals surface area contributed by atoms with Crippen molar-refractivity contribution in [2.75, 3.05) is 11.5 Å². The van der Waals surface area contributed by atoms with E-state index in [0.717, 1.165) is 0 Å². The van der Waals surface area contributed by atoms with E-state index in [0.29, 0.717) is 11.4 Å². The van der Waals surface area contributed by atoms with Gasteiger partial charge in [0.05, 0.1) is 11.4 Å². The first kappa shape index (κ1) is 11.6. The fourth-order valence-electron chi connectivity index (χ4n) is 0.511. The lowest BCUT2D eigenvalue weighted by atomic mass is 10.3. The second-order valence-corrected chi connectivity index (χ2v) is 1.63. The van der Waals surface area contributed by atoms with Gasteiger partial charge in [-0.25, -0.2) is 0 Å². The van der Waals surface area contributed by atoms with E-state index in [-0.39, 0.29) is 14.6 Å². The third-order valence-corrected chi connectivity index (χ3v) is 0.996. The van der Waals surface area contributed by atoms with Crippen LogP contribution in [-0.2, 0) is 0 Å². The number of nitrogen functional groups attached to an aromatic ring is 2. The van der Waals surface area contributed by atoms with E-state index >= 15 is 0 Å². The Kier molecular flexibility index (Phi) is 5.46. The maximum atomic E-state index is 5.39. The van der Waals surface area contributed by atoms with Crippen molar-refractivity contribution >= 4 is 19.8 Å². The van der Waals surface area contributed by atoms with E-state index in [1.807, 2.05) is 12.1 Å². The minimum absolute atomic E-state index is 0. The van der Waals surface area contributed by atoms with E-state index in [4.69, 9.17) is 11.5 Å². The molecule has 0 saturated heterocycles. The summed E-state index contributed by atoms with van der Waals surface area (Å²) in [6, 6.07) is 7.25. The van der Waals surface area contributed by atoms with Crippen LogP contribution in [0.1, 0.15) is 0 Å². The van der Waals surface area contributed by atoms with Crippen LogP contribution in [0.2, 0.25) is 0 Å². The van der Waals surface area contributed by atoms with Crippen LogP contribution < -0.4 is 17.6 Å². The quantitative estimate of drug-likeness (QED) is 0.361. The molecule has 0 aromatic heterocycles. The van der Waals surface area contributed by atoms with Crippen molar-refractivity contribution in [1.82, 2.24) is 6.15 Å². The molecule has 53 valence electrons. The van der Waals surface area contributed by atoms with Crippen molar-refractivity contribution in [1.29, 1.82) is 0 Å². The molecule has 1 aromatic carbocycles. The van der Waals surface area contributed by atoms with Crippen molar-refractivity contribution in [2.45, 2.75) is 0 Å². The van der Waals surface area contributed by atoms with Gasteiger partial charge in [0.25, 0.3) is 0 Å². The number of benzene rings is 1. The third-order valence-electron chi connectivity index (χ3n) is 0.996. The summed E-state index contributed by atoms with van der Waals surface area (Å²) < 4.78 is 0. The van der Waals surface area contributed by atoms with Crippen LogP contribution in [0.25, 0.3) is 0 Å². The van der Waals surface area contributed by atoms with Crippen LogP contribution in [0.3, 0.4) is 0 Å². The van der Waals surface area contributed by atoms with Crippen LogP contribution in [0.4, 0.5) is 11.4 Å². The molecule has 3 nitrogen and oxygen atoms in total. The molecular formula is C6H11BN3. The molecule has 0 heterocycles. The molecular weight excluding hydrogens is 125 g/mol. The predicted molar refractivity (Wildman–Crippen MR) is 46.0 cm³/mol. The summed E-state index contributed by atoms with van der Waals surface area (Å²) in [6.45, 7) is 0. The van der Waals surface area contributed by atoms with Crippen LogP contribution in [-0.4, -0.2) is 8.41 Å². The van der Waals surface area contributed by atoms with Gasteiger partial charge in [-0.05, 0) is 12.1 Å². The highest BCUT2D eigenvalue weighted by Gasteiger charge is 1.85. The Morgan fingerprint density at radius 1 is 0.900 bits per heavy atom. The summed E-state index contributed by atoms with van der Waals surface area (Å²) in [5.41, 5.74) is 12.1. The molecule has 0 bridgehead atoms. The maximum Gasteiger partial charge on any atom is 0.0547 e. The molecule has 0 aliphatic rings. The van der Waals surface area contributed by atoms with Gasteiger partial charge in [-0.3, -0.25) is 0 Å². The van der Waals surface area contributed by atoms with Gasteiger partial charge >= 0.3 is 0 Å².